The van der Waals surface area contributed by atoms with E-state index in [1.165, 1.54) is 24.3 Å². The number of benzene rings is 3. The van der Waals surface area contributed by atoms with Crippen LogP contribution in [0.4, 0.5) is 37.7 Å². The molecule has 0 fully saturated rings. The van der Waals surface area contributed by atoms with Gasteiger partial charge in [0.25, 0.3) is 15.9 Å². The highest BCUT2D eigenvalue weighted by Gasteiger charge is 2.37. The summed E-state index contributed by atoms with van der Waals surface area (Å²) in [5, 5.41) is 2.02. The van der Waals surface area contributed by atoms with Crippen molar-refractivity contribution in [2.24, 2.45) is 0 Å². The second kappa shape index (κ2) is 9.73. The largest absolute Gasteiger partial charge is 0.416 e. The molecule has 0 saturated carbocycles. The minimum absolute atomic E-state index is 0.00732. The monoisotopic (exact) mass is 544 g/mol. The smallest absolute Gasteiger partial charge is 0.322 e. The Labute approximate surface area is 209 Å². The van der Waals surface area contributed by atoms with Crippen molar-refractivity contribution >= 4 is 27.3 Å². The number of para-hydroxylation sites is 1. The van der Waals surface area contributed by atoms with Crippen LogP contribution in [-0.2, 0) is 22.4 Å². The zero-order valence-electron chi connectivity index (χ0n) is 20.0. The summed E-state index contributed by atoms with van der Waals surface area (Å²) < 4.78 is 108. The van der Waals surface area contributed by atoms with Crippen molar-refractivity contribution in [2.75, 3.05) is 10.0 Å². The number of sulfonamides is 1. The minimum Gasteiger partial charge on any atom is -0.322 e. The van der Waals surface area contributed by atoms with Crippen molar-refractivity contribution in [3.63, 3.8) is 0 Å². The second-order valence-corrected chi connectivity index (χ2v) is 10.1. The molecule has 0 saturated heterocycles. The Hall–Kier alpha value is -3.54. The molecule has 0 aromatic heterocycles. The van der Waals surface area contributed by atoms with Gasteiger partial charge in [-0.1, -0.05) is 18.2 Å². The van der Waals surface area contributed by atoms with E-state index in [0.29, 0.717) is 23.3 Å². The molecule has 0 aliphatic rings. The molecule has 1 amide bonds. The fourth-order valence-corrected chi connectivity index (χ4v) is 5.47. The molecular formula is C25H22F6N2O3S. The maximum absolute atomic E-state index is 13.3. The van der Waals surface area contributed by atoms with Crippen LogP contribution in [0.5, 0.6) is 0 Å². The van der Waals surface area contributed by atoms with Crippen molar-refractivity contribution < 1.29 is 39.6 Å². The normalized spacial score (nSPS) is 12.4. The van der Waals surface area contributed by atoms with Gasteiger partial charge in [-0.3, -0.25) is 9.52 Å². The average Bonchev–Trinajstić information content (AvgIpc) is 2.76. The Morgan fingerprint density at radius 3 is 1.73 bits per heavy atom. The first-order valence-electron chi connectivity index (χ1n) is 10.7. The van der Waals surface area contributed by atoms with E-state index < -0.39 is 45.1 Å². The number of halogens is 6. The number of anilines is 2. The third kappa shape index (κ3) is 6.07. The SMILES string of the molecule is Cc1cc(C)c(C)c(S(=O)(=O)Nc2ccccc2C(=O)Nc2cc(C(F)(F)F)cc(C(F)(F)F)c2)c1C. The number of rotatable bonds is 5. The van der Waals surface area contributed by atoms with Gasteiger partial charge in [0.15, 0.2) is 0 Å². The molecule has 0 spiro atoms. The van der Waals surface area contributed by atoms with Gasteiger partial charge in [-0.05, 0) is 80.3 Å². The van der Waals surface area contributed by atoms with Crippen LogP contribution in [0.3, 0.4) is 0 Å². The zero-order chi connectivity index (χ0) is 27.9. The predicted octanol–water partition coefficient (Wildman–Crippen LogP) is 7.01. The third-order valence-corrected chi connectivity index (χ3v) is 7.47. The number of nitrogens with one attached hydrogen (secondary N) is 2. The first-order chi connectivity index (χ1) is 16.9. The molecule has 198 valence electrons. The quantitative estimate of drug-likeness (QED) is 0.339. The highest BCUT2D eigenvalue weighted by Crippen LogP contribution is 2.38. The lowest BCUT2D eigenvalue weighted by Gasteiger charge is -2.18. The molecule has 37 heavy (non-hydrogen) atoms. The number of hydrogen-bond donors (Lipinski definition) is 2. The predicted molar refractivity (Wildman–Crippen MR) is 127 cm³/mol. The molecule has 0 bridgehead atoms. The Kier molecular flexibility index (Phi) is 7.37. The van der Waals surface area contributed by atoms with E-state index in [4.69, 9.17) is 0 Å². The topological polar surface area (TPSA) is 75.3 Å². The van der Waals surface area contributed by atoms with Crippen LogP contribution in [0, 0.1) is 27.7 Å². The Morgan fingerprint density at radius 1 is 0.757 bits per heavy atom. The highest BCUT2D eigenvalue weighted by atomic mass is 32.2. The van der Waals surface area contributed by atoms with Crippen molar-refractivity contribution in [3.8, 4) is 0 Å². The van der Waals surface area contributed by atoms with Gasteiger partial charge in [0.05, 0.1) is 27.3 Å². The minimum atomic E-state index is -5.10. The maximum atomic E-state index is 13.3. The van der Waals surface area contributed by atoms with Crippen molar-refractivity contribution in [2.45, 2.75) is 44.9 Å². The van der Waals surface area contributed by atoms with Crippen LogP contribution in [0.25, 0.3) is 0 Å². The summed E-state index contributed by atoms with van der Waals surface area (Å²) in [5.74, 6) is -1.11. The standard InChI is InChI=1S/C25H22F6N2O3S/c1-13-9-14(2)16(4)22(15(13)3)37(35,36)33-21-8-6-5-7-20(21)23(34)32-19-11-17(24(26,27)28)10-18(12-19)25(29,30)31/h5-12,33H,1-4H3,(H,32,34). The number of amides is 1. The fourth-order valence-electron chi connectivity index (χ4n) is 3.78. The molecule has 3 rings (SSSR count). The number of alkyl halides is 6. The van der Waals surface area contributed by atoms with E-state index in [-0.39, 0.29) is 22.2 Å². The lowest BCUT2D eigenvalue weighted by atomic mass is 10.0. The van der Waals surface area contributed by atoms with E-state index in [1.54, 1.807) is 27.7 Å². The molecule has 0 unspecified atom stereocenters. The van der Waals surface area contributed by atoms with Gasteiger partial charge in [-0.15, -0.1) is 0 Å². The van der Waals surface area contributed by atoms with Crippen LogP contribution in [0.2, 0.25) is 0 Å². The third-order valence-electron chi connectivity index (χ3n) is 5.83. The number of carbonyl (C=O) groups is 1. The van der Waals surface area contributed by atoms with Gasteiger partial charge in [0, 0.05) is 5.69 Å². The summed E-state index contributed by atoms with van der Waals surface area (Å²) in [6, 6.07) is 7.72. The Balaban J connectivity index is 2.02. The van der Waals surface area contributed by atoms with Crippen LogP contribution in [0.1, 0.15) is 43.7 Å². The van der Waals surface area contributed by atoms with E-state index in [0.717, 1.165) is 11.1 Å². The first-order valence-corrected chi connectivity index (χ1v) is 12.2. The molecule has 5 nitrogen and oxygen atoms in total. The van der Waals surface area contributed by atoms with E-state index in [2.05, 4.69) is 4.72 Å². The highest BCUT2D eigenvalue weighted by molar-refractivity contribution is 7.92. The van der Waals surface area contributed by atoms with E-state index in [9.17, 15) is 39.6 Å². The second-order valence-electron chi connectivity index (χ2n) is 8.49. The van der Waals surface area contributed by atoms with Gasteiger partial charge >= 0.3 is 12.4 Å². The van der Waals surface area contributed by atoms with Gasteiger partial charge < -0.3 is 5.32 Å². The summed E-state index contributed by atoms with van der Waals surface area (Å²) in [6.07, 6.45) is -10.2. The van der Waals surface area contributed by atoms with Gasteiger partial charge in [0.1, 0.15) is 0 Å². The Bertz CT molecular complexity index is 1420. The Morgan fingerprint density at radius 2 is 1.24 bits per heavy atom. The summed E-state index contributed by atoms with van der Waals surface area (Å²) >= 11 is 0. The molecule has 0 aliphatic carbocycles. The molecule has 0 radical (unpaired) electrons. The average molecular weight is 545 g/mol. The number of aryl methyl sites for hydroxylation is 2. The van der Waals surface area contributed by atoms with Gasteiger partial charge in [0.2, 0.25) is 0 Å². The molecule has 0 heterocycles. The van der Waals surface area contributed by atoms with Gasteiger partial charge in [-0.2, -0.15) is 26.3 Å². The summed E-state index contributed by atoms with van der Waals surface area (Å²) in [6.45, 7) is 6.74. The van der Waals surface area contributed by atoms with E-state index in [1.807, 2.05) is 11.4 Å². The van der Waals surface area contributed by atoms with Gasteiger partial charge in [-0.25, -0.2) is 8.42 Å². The molecule has 0 atom stereocenters. The van der Waals surface area contributed by atoms with E-state index >= 15 is 0 Å². The molecule has 3 aromatic carbocycles. The summed E-state index contributed by atoms with van der Waals surface area (Å²) in [4.78, 5) is 12.9. The summed E-state index contributed by atoms with van der Waals surface area (Å²) in [5.41, 5.74) is -2.07. The van der Waals surface area contributed by atoms with Crippen molar-refractivity contribution in [3.05, 3.63) is 87.5 Å². The van der Waals surface area contributed by atoms with Crippen molar-refractivity contribution in [1.82, 2.24) is 0 Å². The van der Waals surface area contributed by atoms with Crippen LogP contribution in [-0.4, -0.2) is 14.3 Å². The molecule has 0 aliphatic heterocycles. The molecule has 3 aromatic rings. The maximum Gasteiger partial charge on any atom is 0.416 e. The molecule has 12 heteroatoms. The molecule has 2 N–H and O–H groups in total. The van der Waals surface area contributed by atoms with Crippen LogP contribution in [0.15, 0.2) is 53.4 Å². The number of hydrogen-bond acceptors (Lipinski definition) is 3. The lowest BCUT2D eigenvalue weighted by Crippen LogP contribution is -2.21. The number of carbonyl (C=O) groups excluding carboxylic acids is 1. The van der Waals surface area contributed by atoms with Crippen LogP contribution < -0.4 is 10.0 Å². The van der Waals surface area contributed by atoms with Crippen LogP contribution >= 0.6 is 0 Å². The molecular weight excluding hydrogens is 522 g/mol. The first kappa shape index (κ1) is 28.0. The fraction of sp³-hybridized carbons (Fsp3) is 0.240. The zero-order valence-corrected chi connectivity index (χ0v) is 20.8. The lowest BCUT2D eigenvalue weighted by molar-refractivity contribution is -0.143. The van der Waals surface area contributed by atoms with Crippen molar-refractivity contribution in [1.29, 1.82) is 0 Å². The summed E-state index contributed by atoms with van der Waals surface area (Å²) in [7, 11) is -4.23.